The Hall–Kier alpha value is -2.04. The zero-order chi connectivity index (χ0) is 22.5. The van der Waals surface area contributed by atoms with Crippen molar-refractivity contribution in [3.8, 4) is 0 Å². The normalized spacial score (nSPS) is 19.5. The van der Waals surface area contributed by atoms with E-state index in [9.17, 15) is 9.59 Å². The van der Waals surface area contributed by atoms with Crippen LogP contribution in [0.2, 0.25) is 5.02 Å². The number of carbonyl (C=O) groups excluding carboxylic acids is 2. The molecule has 2 aromatic rings. The van der Waals surface area contributed by atoms with E-state index < -0.39 is 6.04 Å². The van der Waals surface area contributed by atoms with Crippen LogP contribution in [0, 0.1) is 19.8 Å². The van der Waals surface area contributed by atoms with E-state index >= 15 is 0 Å². The molecule has 2 amide bonds. The number of nitrogens with one attached hydrogen (secondary N) is 1. The molecule has 0 aromatic heterocycles. The molecule has 1 fully saturated rings. The molecule has 31 heavy (non-hydrogen) atoms. The third-order valence-corrected chi connectivity index (χ3v) is 6.76. The summed E-state index contributed by atoms with van der Waals surface area (Å²) in [5.74, 6) is -0.332. The van der Waals surface area contributed by atoms with E-state index in [1.807, 2.05) is 32.0 Å². The van der Waals surface area contributed by atoms with Crippen LogP contribution in [0.1, 0.15) is 55.3 Å². The largest absolute Gasteiger partial charge is 0.351 e. The first-order valence-corrected chi connectivity index (χ1v) is 11.7. The second kappa shape index (κ2) is 10.5. The maximum atomic E-state index is 13.6. The van der Waals surface area contributed by atoms with Crippen LogP contribution in [0.15, 0.2) is 42.5 Å². The van der Waals surface area contributed by atoms with E-state index in [4.69, 9.17) is 23.2 Å². The molecule has 166 valence electrons. The van der Waals surface area contributed by atoms with Gasteiger partial charge in [-0.15, -0.1) is 11.6 Å². The van der Waals surface area contributed by atoms with Crippen LogP contribution in [-0.4, -0.2) is 23.7 Å². The minimum atomic E-state index is -0.834. The van der Waals surface area contributed by atoms with E-state index in [0.717, 1.165) is 30.4 Å². The van der Waals surface area contributed by atoms with Gasteiger partial charge in [-0.3, -0.25) is 14.5 Å². The molecule has 2 aromatic carbocycles. The summed E-state index contributed by atoms with van der Waals surface area (Å²) in [5, 5.41) is 3.80. The van der Waals surface area contributed by atoms with Crippen molar-refractivity contribution in [2.24, 2.45) is 5.92 Å². The van der Waals surface area contributed by atoms with Gasteiger partial charge in [0.15, 0.2) is 0 Å². The Bertz CT molecular complexity index is 930. The third-order valence-electron chi connectivity index (χ3n) is 6.28. The van der Waals surface area contributed by atoms with Gasteiger partial charge >= 0.3 is 0 Å². The average molecular weight is 461 g/mol. The Labute approximate surface area is 194 Å². The zero-order valence-corrected chi connectivity index (χ0v) is 19.8. The van der Waals surface area contributed by atoms with E-state index in [1.54, 1.807) is 24.3 Å². The number of rotatable bonds is 6. The molecule has 0 unspecified atom stereocenters. The monoisotopic (exact) mass is 460 g/mol. The molecule has 4 nitrogen and oxygen atoms in total. The summed E-state index contributed by atoms with van der Waals surface area (Å²) >= 11 is 12.1. The Morgan fingerprint density at radius 3 is 2.35 bits per heavy atom. The zero-order valence-electron chi connectivity index (χ0n) is 18.3. The molecule has 0 bridgehead atoms. The van der Waals surface area contributed by atoms with Crippen LogP contribution in [0.5, 0.6) is 0 Å². The fourth-order valence-corrected chi connectivity index (χ4v) is 4.49. The van der Waals surface area contributed by atoms with Gasteiger partial charge in [0.25, 0.3) is 0 Å². The van der Waals surface area contributed by atoms with Crippen molar-refractivity contribution in [1.82, 2.24) is 5.32 Å². The number of alkyl halides is 1. The summed E-state index contributed by atoms with van der Waals surface area (Å²) in [7, 11) is 0. The van der Waals surface area contributed by atoms with Gasteiger partial charge in [-0.05, 0) is 73.6 Å². The third kappa shape index (κ3) is 5.61. The molecule has 0 aliphatic heterocycles. The predicted octanol–water partition coefficient (Wildman–Crippen LogP) is 5.96. The Morgan fingerprint density at radius 1 is 1.06 bits per heavy atom. The summed E-state index contributed by atoms with van der Waals surface area (Å²) in [6, 6.07) is 12.1. The predicted molar refractivity (Wildman–Crippen MR) is 128 cm³/mol. The standard InChI is InChI=1S/C25H30Cl2N2O2/c1-16-8-13-21(14-18(16)3)29(23(30)15-26)24(19-9-11-20(27)12-10-19)25(31)28-22-7-5-4-6-17(22)2/h8-14,17,22,24H,4-7,15H2,1-3H3,(H,28,31)/t17-,22-,24+/m1/s1. The minimum Gasteiger partial charge on any atom is -0.351 e. The van der Waals surface area contributed by atoms with Crippen LogP contribution < -0.4 is 10.2 Å². The molecule has 1 N–H and O–H groups in total. The molecule has 3 atom stereocenters. The number of amides is 2. The van der Waals surface area contributed by atoms with Crippen LogP contribution in [-0.2, 0) is 9.59 Å². The second-order valence-corrected chi connectivity index (χ2v) is 9.20. The lowest BCUT2D eigenvalue weighted by molar-refractivity contribution is -0.126. The average Bonchev–Trinajstić information content (AvgIpc) is 2.76. The highest BCUT2D eigenvalue weighted by Gasteiger charge is 2.34. The number of anilines is 1. The van der Waals surface area contributed by atoms with Crippen molar-refractivity contribution in [2.75, 3.05) is 10.8 Å². The molecular weight excluding hydrogens is 431 g/mol. The molecule has 0 saturated heterocycles. The summed E-state index contributed by atoms with van der Waals surface area (Å²) < 4.78 is 0. The van der Waals surface area contributed by atoms with Gasteiger partial charge in [-0.2, -0.15) is 0 Å². The summed E-state index contributed by atoms with van der Waals surface area (Å²) in [4.78, 5) is 28.2. The van der Waals surface area contributed by atoms with Crippen molar-refractivity contribution in [3.63, 3.8) is 0 Å². The number of hydrogen-bond acceptors (Lipinski definition) is 2. The fourth-order valence-electron chi connectivity index (χ4n) is 4.23. The first-order valence-electron chi connectivity index (χ1n) is 10.8. The van der Waals surface area contributed by atoms with Gasteiger partial charge in [0, 0.05) is 16.8 Å². The molecular formula is C25H30Cl2N2O2. The molecule has 1 aliphatic rings. The minimum absolute atomic E-state index is 0.101. The molecule has 1 aliphatic carbocycles. The van der Waals surface area contributed by atoms with Gasteiger partial charge in [0.1, 0.15) is 11.9 Å². The molecule has 0 spiro atoms. The smallest absolute Gasteiger partial charge is 0.248 e. The summed E-state index contributed by atoms with van der Waals surface area (Å²) in [5.41, 5.74) is 3.51. The Kier molecular flexibility index (Phi) is 8.01. The van der Waals surface area contributed by atoms with Crippen molar-refractivity contribution in [1.29, 1.82) is 0 Å². The first-order chi connectivity index (χ1) is 14.8. The molecule has 6 heteroatoms. The van der Waals surface area contributed by atoms with Crippen LogP contribution in [0.25, 0.3) is 0 Å². The van der Waals surface area contributed by atoms with E-state index in [2.05, 4.69) is 12.2 Å². The fraction of sp³-hybridized carbons (Fsp3) is 0.440. The topological polar surface area (TPSA) is 49.4 Å². The number of aryl methyl sites for hydroxylation is 2. The van der Waals surface area contributed by atoms with Gasteiger partial charge in [0.05, 0.1) is 0 Å². The Balaban J connectivity index is 2.04. The van der Waals surface area contributed by atoms with Crippen LogP contribution in [0.3, 0.4) is 0 Å². The van der Waals surface area contributed by atoms with Crippen molar-refractivity contribution < 1.29 is 9.59 Å². The van der Waals surface area contributed by atoms with Gasteiger partial charge < -0.3 is 5.32 Å². The summed E-state index contributed by atoms with van der Waals surface area (Å²) in [6.45, 7) is 6.18. The highest BCUT2D eigenvalue weighted by molar-refractivity contribution is 6.30. The number of benzene rings is 2. The first kappa shape index (κ1) is 23.6. The SMILES string of the molecule is Cc1ccc(N(C(=O)CCl)[C@H](C(=O)N[C@@H]2CCCC[C@H]2C)c2ccc(Cl)cc2)cc1C. The van der Waals surface area contributed by atoms with Gasteiger partial charge in [-0.1, -0.05) is 49.6 Å². The highest BCUT2D eigenvalue weighted by Crippen LogP contribution is 2.32. The number of carbonyl (C=O) groups is 2. The second-order valence-electron chi connectivity index (χ2n) is 8.50. The molecule has 1 saturated carbocycles. The van der Waals surface area contributed by atoms with E-state index in [0.29, 0.717) is 22.2 Å². The highest BCUT2D eigenvalue weighted by atomic mass is 35.5. The maximum absolute atomic E-state index is 13.6. The van der Waals surface area contributed by atoms with E-state index in [-0.39, 0.29) is 23.7 Å². The maximum Gasteiger partial charge on any atom is 0.248 e. The number of halogens is 2. The lowest BCUT2D eigenvalue weighted by atomic mass is 9.85. The van der Waals surface area contributed by atoms with Crippen LogP contribution >= 0.6 is 23.2 Å². The molecule has 0 radical (unpaired) electrons. The lowest BCUT2D eigenvalue weighted by Crippen LogP contribution is -2.49. The molecule has 3 rings (SSSR count). The van der Waals surface area contributed by atoms with Crippen molar-refractivity contribution in [3.05, 3.63) is 64.2 Å². The summed E-state index contributed by atoms with van der Waals surface area (Å²) in [6.07, 6.45) is 4.33. The van der Waals surface area contributed by atoms with Crippen LogP contribution in [0.4, 0.5) is 5.69 Å². The number of hydrogen-bond donors (Lipinski definition) is 1. The quantitative estimate of drug-likeness (QED) is 0.540. The van der Waals surface area contributed by atoms with E-state index in [1.165, 1.54) is 11.3 Å². The number of nitrogens with zero attached hydrogens (tertiary/aromatic N) is 1. The Morgan fingerprint density at radius 2 is 1.74 bits per heavy atom. The van der Waals surface area contributed by atoms with Crippen molar-refractivity contribution in [2.45, 2.75) is 58.5 Å². The van der Waals surface area contributed by atoms with Gasteiger partial charge in [0.2, 0.25) is 11.8 Å². The van der Waals surface area contributed by atoms with Crippen molar-refractivity contribution >= 4 is 40.7 Å². The van der Waals surface area contributed by atoms with Gasteiger partial charge in [-0.25, -0.2) is 0 Å². The lowest BCUT2D eigenvalue weighted by Gasteiger charge is -2.35. The molecule has 0 heterocycles.